The average Bonchev–Trinajstić information content (AvgIpc) is 2.84. The van der Waals surface area contributed by atoms with Crippen LogP contribution in [-0.2, 0) is 9.84 Å². The SMILES string of the molecule is Nc1ccc(Br)cc1S(=O)(=O)CC1CSc2ccccc21. The van der Waals surface area contributed by atoms with Crippen molar-refractivity contribution in [2.45, 2.75) is 15.7 Å². The van der Waals surface area contributed by atoms with Gasteiger partial charge in [-0.2, -0.15) is 0 Å². The highest BCUT2D eigenvalue weighted by Gasteiger charge is 2.29. The number of anilines is 1. The summed E-state index contributed by atoms with van der Waals surface area (Å²) in [6.45, 7) is 0. The Hall–Kier alpha value is -0.980. The first-order valence-corrected chi connectivity index (χ1v) is 9.90. The largest absolute Gasteiger partial charge is 0.398 e. The summed E-state index contributed by atoms with van der Waals surface area (Å²) in [5, 5.41) is 0. The van der Waals surface area contributed by atoms with E-state index in [0.29, 0.717) is 5.69 Å². The van der Waals surface area contributed by atoms with Gasteiger partial charge in [-0.15, -0.1) is 11.8 Å². The number of fused-ring (bicyclic) bond motifs is 1. The Kier molecular flexibility index (Phi) is 4.03. The first-order chi connectivity index (χ1) is 9.97. The molecule has 0 amide bonds. The number of rotatable bonds is 3. The molecule has 2 aromatic rings. The second-order valence-electron chi connectivity index (χ2n) is 5.01. The average molecular weight is 384 g/mol. The van der Waals surface area contributed by atoms with Crippen molar-refractivity contribution in [1.29, 1.82) is 0 Å². The molecule has 1 unspecified atom stereocenters. The molecule has 0 saturated carbocycles. The summed E-state index contributed by atoms with van der Waals surface area (Å²) in [7, 11) is -3.41. The lowest BCUT2D eigenvalue weighted by atomic mass is 10.0. The molecule has 0 aliphatic carbocycles. The monoisotopic (exact) mass is 383 g/mol. The zero-order chi connectivity index (χ0) is 15.0. The maximum Gasteiger partial charge on any atom is 0.181 e. The van der Waals surface area contributed by atoms with Crippen molar-refractivity contribution in [1.82, 2.24) is 0 Å². The number of nitrogens with two attached hydrogens (primary N) is 1. The van der Waals surface area contributed by atoms with Crippen LogP contribution in [0.25, 0.3) is 0 Å². The van der Waals surface area contributed by atoms with Crippen molar-refractivity contribution in [3.05, 3.63) is 52.5 Å². The molecule has 1 atom stereocenters. The predicted molar refractivity (Wildman–Crippen MR) is 90.5 cm³/mol. The van der Waals surface area contributed by atoms with Crippen LogP contribution in [0.5, 0.6) is 0 Å². The van der Waals surface area contributed by atoms with E-state index in [1.165, 1.54) is 4.90 Å². The number of nitrogen functional groups attached to an aromatic ring is 1. The van der Waals surface area contributed by atoms with Crippen molar-refractivity contribution in [2.75, 3.05) is 17.2 Å². The molecule has 6 heteroatoms. The van der Waals surface area contributed by atoms with Crippen molar-refractivity contribution in [3.63, 3.8) is 0 Å². The molecule has 0 radical (unpaired) electrons. The molecule has 3 nitrogen and oxygen atoms in total. The summed E-state index contributed by atoms with van der Waals surface area (Å²) in [6.07, 6.45) is 0. The number of benzene rings is 2. The first kappa shape index (κ1) is 14.9. The zero-order valence-corrected chi connectivity index (χ0v) is 14.3. The van der Waals surface area contributed by atoms with Gasteiger partial charge in [0.15, 0.2) is 9.84 Å². The van der Waals surface area contributed by atoms with Crippen LogP contribution in [0.1, 0.15) is 11.5 Å². The fraction of sp³-hybridized carbons (Fsp3) is 0.200. The second kappa shape index (κ2) is 5.66. The Balaban J connectivity index is 1.93. The molecule has 0 fully saturated rings. The molecule has 0 saturated heterocycles. The lowest BCUT2D eigenvalue weighted by Gasteiger charge is -2.13. The van der Waals surface area contributed by atoms with Gasteiger partial charge in [-0.1, -0.05) is 34.1 Å². The molecule has 0 bridgehead atoms. The molecule has 1 aliphatic heterocycles. The lowest BCUT2D eigenvalue weighted by molar-refractivity contribution is 0.591. The van der Waals surface area contributed by atoms with Gasteiger partial charge < -0.3 is 5.73 Å². The maximum atomic E-state index is 12.7. The van der Waals surface area contributed by atoms with Crippen LogP contribution >= 0.6 is 27.7 Å². The van der Waals surface area contributed by atoms with Crippen LogP contribution in [0.3, 0.4) is 0 Å². The molecule has 110 valence electrons. The van der Waals surface area contributed by atoms with Crippen LogP contribution < -0.4 is 5.73 Å². The topological polar surface area (TPSA) is 60.2 Å². The van der Waals surface area contributed by atoms with Gasteiger partial charge in [-0.3, -0.25) is 0 Å². The number of thioether (sulfide) groups is 1. The van der Waals surface area contributed by atoms with E-state index < -0.39 is 9.84 Å². The van der Waals surface area contributed by atoms with Crippen molar-refractivity contribution in [2.24, 2.45) is 0 Å². The Labute approximate surface area is 137 Å². The van der Waals surface area contributed by atoms with E-state index in [2.05, 4.69) is 15.9 Å². The van der Waals surface area contributed by atoms with Crippen LogP contribution in [0.2, 0.25) is 0 Å². The summed E-state index contributed by atoms with van der Waals surface area (Å²) in [6, 6.07) is 12.9. The van der Waals surface area contributed by atoms with Gasteiger partial charge >= 0.3 is 0 Å². The molecule has 1 heterocycles. The first-order valence-electron chi connectivity index (χ1n) is 6.47. The highest BCUT2D eigenvalue weighted by Crippen LogP contribution is 2.41. The number of sulfone groups is 1. The fourth-order valence-electron chi connectivity index (χ4n) is 2.50. The number of hydrogen-bond donors (Lipinski definition) is 1. The summed E-state index contributed by atoms with van der Waals surface area (Å²) >= 11 is 5.02. The minimum absolute atomic E-state index is 0.0228. The van der Waals surface area contributed by atoms with E-state index in [-0.39, 0.29) is 16.6 Å². The van der Waals surface area contributed by atoms with Crippen molar-refractivity contribution in [3.8, 4) is 0 Å². The quantitative estimate of drug-likeness (QED) is 0.820. The van der Waals surface area contributed by atoms with Crippen LogP contribution in [0.4, 0.5) is 5.69 Å². The van der Waals surface area contributed by atoms with E-state index in [0.717, 1.165) is 15.8 Å². The Bertz CT molecular complexity index is 790. The normalized spacial score (nSPS) is 17.7. The molecule has 0 aromatic heterocycles. The van der Waals surface area contributed by atoms with E-state index in [4.69, 9.17) is 5.73 Å². The van der Waals surface area contributed by atoms with E-state index in [1.54, 1.807) is 30.0 Å². The Morgan fingerprint density at radius 2 is 2.00 bits per heavy atom. The minimum Gasteiger partial charge on any atom is -0.398 e. The van der Waals surface area contributed by atoms with Crippen LogP contribution in [0.15, 0.2) is 56.7 Å². The molecular formula is C15H14BrNO2S2. The summed E-state index contributed by atoms with van der Waals surface area (Å²) in [5.74, 6) is 0.916. The molecule has 2 N–H and O–H groups in total. The van der Waals surface area contributed by atoms with Gasteiger partial charge in [0.05, 0.1) is 16.3 Å². The molecule has 21 heavy (non-hydrogen) atoms. The van der Waals surface area contributed by atoms with Crippen molar-refractivity contribution < 1.29 is 8.42 Å². The fourth-order valence-corrected chi connectivity index (χ4v) is 6.16. The highest BCUT2D eigenvalue weighted by atomic mass is 79.9. The third-order valence-corrected chi connectivity index (χ3v) is 7.14. The van der Waals surface area contributed by atoms with Crippen LogP contribution in [-0.4, -0.2) is 19.9 Å². The maximum absolute atomic E-state index is 12.7. The van der Waals surface area contributed by atoms with Gasteiger partial charge in [-0.05, 0) is 29.8 Å². The van der Waals surface area contributed by atoms with E-state index >= 15 is 0 Å². The van der Waals surface area contributed by atoms with Crippen molar-refractivity contribution >= 4 is 43.2 Å². The highest BCUT2D eigenvalue weighted by molar-refractivity contribution is 9.10. The van der Waals surface area contributed by atoms with E-state index in [1.807, 2.05) is 24.3 Å². The van der Waals surface area contributed by atoms with Gasteiger partial charge in [0, 0.05) is 21.0 Å². The smallest absolute Gasteiger partial charge is 0.181 e. The van der Waals surface area contributed by atoms with Gasteiger partial charge in [0.2, 0.25) is 0 Å². The molecule has 3 rings (SSSR count). The second-order valence-corrected chi connectivity index (χ2v) is 8.99. The van der Waals surface area contributed by atoms with Gasteiger partial charge in [0.1, 0.15) is 0 Å². The number of halogens is 1. The lowest BCUT2D eigenvalue weighted by Crippen LogP contribution is -2.16. The molecule has 1 aliphatic rings. The zero-order valence-electron chi connectivity index (χ0n) is 11.1. The summed E-state index contributed by atoms with van der Waals surface area (Å²) in [4.78, 5) is 1.39. The molecular weight excluding hydrogens is 370 g/mol. The van der Waals surface area contributed by atoms with Crippen LogP contribution in [0, 0.1) is 0 Å². The standard InChI is InChI=1S/C15H14BrNO2S2/c16-11-5-6-13(17)15(7-11)21(18,19)9-10-8-20-14-4-2-1-3-12(10)14/h1-7,10H,8-9,17H2. The Morgan fingerprint density at radius 1 is 1.24 bits per heavy atom. The predicted octanol–water partition coefficient (Wildman–Crippen LogP) is 3.69. The third kappa shape index (κ3) is 2.98. The third-order valence-electron chi connectivity index (χ3n) is 3.53. The summed E-state index contributed by atoms with van der Waals surface area (Å²) < 4.78 is 26.0. The number of hydrogen-bond acceptors (Lipinski definition) is 4. The molecule has 0 spiro atoms. The van der Waals surface area contributed by atoms with Gasteiger partial charge in [0.25, 0.3) is 0 Å². The summed E-state index contributed by atoms with van der Waals surface area (Å²) in [5.41, 5.74) is 7.27. The molecule has 2 aromatic carbocycles. The van der Waals surface area contributed by atoms with Gasteiger partial charge in [-0.25, -0.2) is 8.42 Å². The minimum atomic E-state index is -3.41. The van der Waals surface area contributed by atoms with E-state index in [9.17, 15) is 8.42 Å². The Morgan fingerprint density at radius 3 is 2.81 bits per heavy atom.